The number of nitrogens with zero attached hydrogens (tertiary/aromatic N) is 2. The van der Waals surface area contributed by atoms with Crippen LogP contribution in [0.25, 0.3) is 0 Å². The van der Waals surface area contributed by atoms with Crippen molar-refractivity contribution in [1.82, 2.24) is 5.32 Å². The smallest absolute Gasteiger partial charge is 0.224 e. The summed E-state index contributed by atoms with van der Waals surface area (Å²) in [7, 11) is 0. The summed E-state index contributed by atoms with van der Waals surface area (Å²) in [6.07, 6.45) is -1.40. The Morgan fingerprint density at radius 3 is 2.45 bits per heavy atom. The van der Waals surface area contributed by atoms with Gasteiger partial charge in [0, 0.05) is 21.7 Å². The topological polar surface area (TPSA) is 76.9 Å². The van der Waals surface area contributed by atoms with Crippen LogP contribution in [0.5, 0.6) is 0 Å². The lowest BCUT2D eigenvalue weighted by Crippen LogP contribution is -2.48. The van der Waals surface area contributed by atoms with E-state index in [2.05, 4.69) is 15.3 Å². The predicted molar refractivity (Wildman–Crippen MR) is 81.3 cm³/mol. The summed E-state index contributed by atoms with van der Waals surface area (Å²) in [5.74, 6) is -1.22. The van der Waals surface area contributed by atoms with Gasteiger partial charge in [-0.2, -0.15) is 0 Å². The monoisotopic (exact) mass is 332 g/mol. The predicted octanol–water partition coefficient (Wildman–Crippen LogP) is 1.35. The van der Waals surface area contributed by atoms with E-state index in [9.17, 15) is 9.90 Å². The fourth-order valence-corrected chi connectivity index (χ4v) is 3.11. The van der Waals surface area contributed by atoms with Crippen molar-refractivity contribution in [2.24, 2.45) is 9.98 Å². The van der Waals surface area contributed by atoms with E-state index in [-0.39, 0.29) is 0 Å². The van der Waals surface area contributed by atoms with Crippen molar-refractivity contribution in [1.29, 1.82) is 0 Å². The second-order valence-electron chi connectivity index (χ2n) is 4.86. The van der Waals surface area contributed by atoms with Crippen LogP contribution < -0.4 is 21.1 Å². The summed E-state index contributed by atoms with van der Waals surface area (Å²) in [6.45, 7) is 1.58. The third-order valence-corrected chi connectivity index (χ3v) is 4.26. The zero-order chi connectivity index (χ0) is 15.7. The van der Waals surface area contributed by atoms with Crippen LogP contribution in [0, 0.1) is 0 Å². The highest BCUT2D eigenvalue weighted by molar-refractivity contribution is 7.99. The molecule has 22 heavy (non-hydrogen) atoms. The molecular formula is C15H11ClN3O2S-. The van der Waals surface area contributed by atoms with Crippen molar-refractivity contribution in [3.05, 3.63) is 58.2 Å². The van der Waals surface area contributed by atoms with E-state index in [0.717, 1.165) is 9.79 Å². The number of rotatable bonds is 3. The van der Waals surface area contributed by atoms with Crippen LogP contribution in [-0.2, 0) is 0 Å². The largest absolute Gasteiger partial charge is 0.530 e. The van der Waals surface area contributed by atoms with Crippen molar-refractivity contribution in [2.75, 3.05) is 0 Å². The normalized spacial score (nSPS) is 19.0. The third-order valence-electron chi connectivity index (χ3n) is 3.01. The molecule has 2 aromatic rings. The van der Waals surface area contributed by atoms with Gasteiger partial charge in [0.05, 0.1) is 10.7 Å². The number of hydrogen-bond donors (Lipinski definition) is 1. The zero-order valence-corrected chi connectivity index (χ0v) is 13.1. The van der Waals surface area contributed by atoms with Crippen LogP contribution in [0.15, 0.2) is 62.2 Å². The molecule has 1 aliphatic heterocycles. The number of carbonyl (C=O) groups is 1. The Balaban J connectivity index is 1.89. The number of benzene rings is 2. The highest BCUT2D eigenvalue weighted by Crippen LogP contribution is 2.27. The van der Waals surface area contributed by atoms with Crippen LogP contribution in [0.3, 0.4) is 0 Å². The molecule has 1 unspecified atom stereocenters. The Hall–Kier alpha value is -2.05. The van der Waals surface area contributed by atoms with Crippen LogP contribution in [-0.4, -0.2) is 11.9 Å². The van der Waals surface area contributed by atoms with Gasteiger partial charge in [0.2, 0.25) is 5.79 Å². The van der Waals surface area contributed by atoms with Crippen LogP contribution in [0.2, 0.25) is 5.02 Å². The molecule has 0 fully saturated rings. The van der Waals surface area contributed by atoms with Crippen molar-refractivity contribution < 1.29 is 9.90 Å². The number of carbonyl (C=O) groups excluding carboxylic acids is 1. The number of hydrogen-bond acceptors (Lipinski definition) is 5. The Bertz CT molecular complexity index is 854. The first kappa shape index (κ1) is 14.9. The summed E-state index contributed by atoms with van der Waals surface area (Å²) in [4.78, 5) is 21.3. The summed E-state index contributed by atoms with van der Waals surface area (Å²) < 4.78 is 0. The Morgan fingerprint density at radius 2 is 1.77 bits per heavy atom. The highest BCUT2D eigenvalue weighted by atomic mass is 35.5. The van der Waals surface area contributed by atoms with Gasteiger partial charge < -0.3 is 15.2 Å². The van der Waals surface area contributed by atoms with Gasteiger partial charge in [-0.3, -0.25) is 0 Å². The van der Waals surface area contributed by atoms with Crippen LogP contribution >= 0.6 is 23.4 Å². The Kier molecular flexibility index (Phi) is 3.80. The molecule has 0 spiro atoms. The minimum atomic E-state index is -1.40. The number of amides is 1. The van der Waals surface area contributed by atoms with Crippen molar-refractivity contribution in [2.45, 2.75) is 22.5 Å². The number of fused-ring (bicyclic) bond motifs is 1. The van der Waals surface area contributed by atoms with Crippen molar-refractivity contribution in [3.8, 4) is 0 Å². The first-order valence-electron chi connectivity index (χ1n) is 6.46. The second-order valence-corrected chi connectivity index (χ2v) is 6.45. The van der Waals surface area contributed by atoms with Crippen LogP contribution in [0.1, 0.15) is 6.92 Å². The lowest BCUT2D eigenvalue weighted by Gasteiger charge is -2.20. The lowest BCUT2D eigenvalue weighted by atomic mass is 10.3. The molecule has 0 radical (unpaired) electrons. The summed E-state index contributed by atoms with van der Waals surface area (Å²) in [6, 6.07) is 13.1. The van der Waals surface area contributed by atoms with E-state index in [1.807, 2.05) is 42.5 Å². The molecule has 1 N–H and O–H groups in total. The van der Waals surface area contributed by atoms with Gasteiger partial charge in [-0.25, -0.2) is 9.98 Å². The van der Waals surface area contributed by atoms with Crippen molar-refractivity contribution >= 4 is 29.5 Å². The van der Waals surface area contributed by atoms with E-state index in [0.29, 0.717) is 15.7 Å². The maximum atomic E-state index is 10.7. The molecule has 0 saturated heterocycles. The zero-order valence-electron chi connectivity index (χ0n) is 11.5. The molecule has 1 heterocycles. The molecule has 1 amide bonds. The molecule has 0 aliphatic carbocycles. The SMILES string of the molecule is CC1(NC(=O)[O-])N=c2ccc(Sc3ccc(Cl)cc3)cc2=N1. The molecule has 2 aromatic carbocycles. The lowest BCUT2D eigenvalue weighted by molar-refractivity contribution is -0.252. The van der Waals surface area contributed by atoms with Gasteiger partial charge >= 0.3 is 0 Å². The third kappa shape index (κ3) is 3.23. The molecule has 0 bridgehead atoms. The Labute approximate surface area is 135 Å². The second kappa shape index (κ2) is 5.62. The van der Waals surface area contributed by atoms with Gasteiger partial charge in [-0.05, 0) is 42.5 Å². The number of nitrogens with one attached hydrogen (secondary N) is 1. The van der Waals surface area contributed by atoms with Gasteiger partial charge in [0.15, 0.2) is 0 Å². The van der Waals surface area contributed by atoms with E-state index in [4.69, 9.17) is 11.6 Å². The fraction of sp³-hybridized carbons (Fsp3) is 0.133. The van der Waals surface area contributed by atoms with Gasteiger partial charge in [0.25, 0.3) is 0 Å². The standard InChI is InChI=1S/C15H12ClN3O2S/c1-15(19-14(20)21)17-12-7-6-11(8-13(12)18-15)22-10-4-2-9(16)3-5-10/h2-8,19H,1H3,(H,20,21)/p-1. The maximum absolute atomic E-state index is 10.7. The highest BCUT2D eigenvalue weighted by Gasteiger charge is 2.24. The first-order valence-corrected chi connectivity index (χ1v) is 7.65. The van der Waals surface area contributed by atoms with Gasteiger partial charge in [0.1, 0.15) is 6.09 Å². The summed E-state index contributed by atoms with van der Waals surface area (Å²) in [5, 5.41) is 14.9. The molecule has 5 nitrogen and oxygen atoms in total. The molecule has 1 atom stereocenters. The fourth-order valence-electron chi connectivity index (χ4n) is 2.13. The molecule has 0 saturated carbocycles. The molecule has 3 rings (SSSR count). The molecule has 1 aliphatic rings. The van der Waals surface area contributed by atoms with E-state index < -0.39 is 11.9 Å². The summed E-state index contributed by atoms with van der Waals surface area (Å²) >= 11 is 7.43. The van der Waals surface area contributed by atoms with Gasteiger partial charge in [-0.1, -0.05) is 23.4 Å². The quantitative estimate of drug-likeness (QED) is 0.921. The molecule has 0 aromatic heterocycles. The van der Waals surface area contributed by atoms with E-state index in [1.165, 1.54) is 0 Å². The number of halogens is 1. The van der Waals surface area contributed by atoms with Crippen LogP contribution in [0.4, 0.5) is 4.79 Å². The minimum Gasteiger partial charge on any atom is -0.530 e. The van der Waals surface area contributed by atoms with E-state index >= 15 is 0 Å². The average Bonchev–Trinajstić information content (AvgIpc) is 2.75. The molecular weight excluding hydrogens is 322 g/mol. The van der Waals surface area contributed by atoms with E-state index in [1.54, 1.807) is 18.7 Å². The Morgan fingerprint density at radius 1 is 1.14 bits per heavy atom. The number of carboxylic acid groups (broad SMARTS) is 1. The molecule has 112 valence electrons. The summed E-state index contributed by atoms with van der Waals surface area (Å²) in [5.41, 5.74) is 0. The van der Waals surface area contributed by atoms with Gasteiger partial charge in [-0.15, -0.1) is 0 Å². The van der Waals surface area contributed by atoms with Crippen molar-refractivity contribution in [3.63, 3.8) is 0 Å². The first-order chi connectivity index (χ1) is 10.4. The maximum Gasteiger partial charge on any atom is 0.224 e. The molecule has 7 heteroatoms. The minimum absolute atomic E-state index is 0.648. The average molecular weight is 333 g/mol.